The van der Waals surface area contributed by atoms with Gasteiger partial charge in [-0.05, 0) is 60.4 Å². The van der Waals surface area contributed by atoms with Gasteiger partial charge in [0, 0.05) is 18.7 Å². The summed E-state index contributed by atoms with van der Waals surface area (Å²) in [7, 11) is 0. The molecule has 0 fully saturated rings. The van der Waals surface area contributed by atoms with Crippen LogP contribution in [0.4, 0.5) is 0 Å². The molecule has 0 unspecified atom stereocenters. The molecule has 0 saturated heterocycles. The number of hydrogen-bond donors (Lipinski definition) is 2. The fourth-order valence-corrected chi connectivity index (χ4v) is 3.02. The SMILES string of the molecule is C=CCNC(=S)NCCCCOc1ccc(C(C)(C)CC)cc1C(C)(C)CC. The Labute approximate surface area is 178 Å². The third-order valence-electron chi connectivity index (χ3n) is 5.78. The van der Waals surface area contributed by atoms with Crippen LogP contribution in [0.1, 0.15) is 78.4 Å². The highest BCUT2D eigenvalue weighted by molar-refractivity contribution is 7.80. The molecule has 2 N–H and O–H groups in total. The Kier molecular flexibility index (Phi) is 10.0. The van der Waals surface area contributed by atoms with E-state index in [-0.39, 0.29) is 10.8 Å². The van der Waals surface area contributed by atoms with E-state index in [2.05, 4.69) is 77.0 Å². The molecule has 0 aliphatic carbocycles. The molecule has 0 aliphatic heterocycles. The fourth-order valence-electron chi connectivity index (χ4n) is 2.84. The van der Waals surface area contributed by atoms with E-state index in [1.807, 2.05) is 0 Å². The predicted molar refractivity (Wildman–Crippen MR) is 127 cm³/mol. The average Bonchev–Trinajstić information content (AvgIpc) is 2.68. The summed E-state index contributed by atoms with van der Waals surface area (Å²) < 4.78 is 6.21. The number of hydrogen-bond acceptors (Lipinski definition) is 2. The fraction of sp³-hybridized carbons (Fsp3) is 0.625. The summed E-state index contributed by atoms with van der Waals surface area (Å²) >= 11 is 5.20. The van der Waals surface area contributed by atoms with Gasteiger partial charge in [0.25, 0.3) is 0 Å². The van der Waals surface area contributed by atoms with E-state index < -0.39 is 0 Å². The van der Waals surface area contributed by atoms with Crippen molar-refractivity contribution < 1.29 is 4.74 Å². The van der Waals surface area contributed by atoms with Crippen LogP contribution in [-0.4, -0.2) is 24.8 Å². The molecule has 0 aliphatic rings. The summed E-state index contributed by atoms with van der Waals surface area (Å²) in [6.07, 6.45) is 6.01. The average molecular weight is 405 g/mol. The van der Waals surface area contributed by atoms with Crippen molar-refractivity contribution >= 4 is 17.3 Å². The number of rotatable bonds is 12. The molecule has 0 spiro atoms. The lowest BCUT2D eigenvalue weighted by Crippen LogP contribution is -2.35. The highest BCUT2D eigenvalue weighted by Crippen LogP contribution is 2.38. The standard InChI is InChI=1S/C24H40N2OS/c1-8-15-25-22(28)26-16-11-12-17-27-21-14-13-19(23(4,5)9-2)18-20(21)24(6,7)10-3/h8,13-14,18H,1,9-12,15-17H2,2-7H3,(H2,25,26,28). The lowest BCUT2D eigenvalue weighted by atomic mass is 9.76. The topological polar surface area (TPSA) is 33.3 Å². The van der Waals surface area contributed by atoms with E-state index in [1.165, 1.54) is 11.1 Å². The minimum Gasteiger partial charge on any atom is -0.493 e. The summed E-state index contributed by atoms with van der Waals surface area (Å²) in [6, 6.07) is 6.78. The van der Waals surface area contributed by atoms with Gasteiger partial charge < -0.3 is 15.4 Å². The van der Waals surface area contributed by atoms with E-state index >= 15 is 0 Å². The molecule has 0 bridgehead atoms. The van der Waals surface area contributed by atoms with Gasteiger partial charge in [-0.25, -0.2) is 0 Å². The zero-order valence-corrected chi connectivity index (χ0v) is 19.6. The van der Waals surface area contributed by atoms with Crippen molar-refractivity contribution in [1.82, 2.24) is 10.6 Å². The summed E-state index contributed by atoms with van der Waals surface area (Å²) in [5.41, 5.74) is 2.99. The quantitative estimate of drug-likeness (QED) is 0.259. The monoisotopic (exact) mass is 404 g/mol. The normalized spacial score (nSPS) is 11.8. The van der Waals surface area contributed by atoms with Crippen LogP contribution in [0.5, 0.6) is 5.75 Å². The number of unbranched alkanes of at least 4 members (excludes halogenated alkanes) is 1. The Morgan fingerprint density at radius 2 is 1.75 bits per heavy atom. The lowest BCUT2D eigenvalue weighted by Gasteiger charge is -2.30. The molecule has 0 aromatic heterocycles. The van der Waals surface area contributed by atoms with Gasteiger partial charge in [0.05, 0.1) is 6.61 Å². The van der Waals surface area contributed by atoms with Crippen molar-refractivity contribution in [2.45, 2.75) is 78.1 Å². The molecule has 1 aromatic rings. The van der Waals surface area contributed by atoms with Crippen molar-refractivity contribution in [3.8, 4) is 5.75 Å². The largest absolute Gasteiger partial charge is 0.493 e. The Morgan fingerprint density at radius 3 is 2.36 bits per heavy atom. The zero-order valence-electron chi connectivity index (χ0n) is 18.8. The van der Waals surface area contributed by atoms with Crippen molar-refractivity contribution in [1.29, 1.82) is 0 Å². The number of nitrogens with one attached hydrogen (secondary N) is 2. The van der Waals surface area contributed by atoms with Crippen LogP contribution in [0.3, 0.4) is 0 Å². The molecule has 1 rings (SSSR count). The minimum atomic E-state index is 0.0970. The van der Waals surface area contributed by atoms with Crippen molar-refractivity contribution in [2.24, 2.45) is 0 Å². The molecule has 4 heteroatoms. The predicted octanol–water partition coefficient (Wildman–Crippen LogP) is 5.87. The maximum absolute atomic E-state index is 6.21. The molecule has 0 saturated carbocycles. The third-order valence-corrected chi connectivity index (χ3v) is 6.07. The van der Waals surface area contributed by atoms with Crippen molar-refractivity contribution in [3.05, 3.63) is 42.0 Å². The van der Waals surface area contributed by atoms with Gasteiger partial charge in [-0.3, -0.25) is 0 Å². The van der Waals surface area contributed by atoms with E-state index in [1.54, 1.807) is 6.08 Å². The molecule has 28 heavy (non-hydrogen) atoms. The number of ether oxygens (including phenoxy) is 1. The molecular weight excluding hydrogens is 364 g/mol. The van der Waals surface area contributed by atoms with Crippen LogP contribution in [-0.2, 0) is 10.8 Å². The maximum atomic E-state index is 6.21. The second kappa shape index (κ2) is 11.5. The van der Waals surface area contributed by atoms with Gasteiger partial charge in [0.1, 0.15) is 5.75 Å². The minimum absolute atomic E-state index is 0.0970. The van der Waals surface area contributed by atoms with Crippen molar-refractivity contribution in [2.75, 3.05) is 19.7 Å². The first-order valence-corrected chi connectivity index (χ1v) is 11.0. The summed E-state index contributed by atoms with van der Waals surface area (Å²) in [5.74, 6) is 1.03. The van der Waals surface area contributed by atoms with Crippen molar-refractivity contribution in [3.63, 3.8) is 0 Å². The molecule has 3 nitrogen and oxygen atoms in total. The Balaban J connectivity index is 2.67. The van der Waals surface area contributed by atoms with E-state index in [4.69, 9.17) is 17.0 Å². The van der Waals surface area contributed by atoms with Crippen LogP contribution < -0.4 is 15.4 Å². The maximum Gasteiger partial charge on any atom is 0.166 e. The first-order valence-electron chi connectivity index (χ1n) is 10.6. The molecule has 0 atom stereocenters. The van der Waals surface area contributed by atoms with Crippen LogP contribution in [0.15, 0.2) is 30.9 Å². The second-order valence-corrected chi connectivity index (χ2v) is 9.08. The van der Waals surface area contributed by atoms with Crippen LogP contribution in [0.25, 0.3) is 0 Å². The Bertz CT molecular complexity index is 637. The van der Waals surface area contributed by atoms with Gasteiger partial charge in [-0.15, -0.1) is 6.58 Å². The molecular formula is C24H40N2OS. The van der Waals surface area contributed by atoms with Gasteiger partial charge in [-0.2, -0.15) is 0 Å². The van der Waals surface area contributed by atoms with E-state index in [0.29, 0.717) is 11.7 Å². The van der Waals surface area contributed by atoms with Gasteiger partial charge >= 0.3 is 0 Å². The van der Waals surface area contributed by atoms with Gasteiger partial charge in [0.15, 0.2) is 5.11 Å². The van der Waals surface area contributed by atoms with Gasteiger partial charge in [0.2, 0.25) is 0 Å². The summed E-state index contributed by atoms with van der Waals surface area (Å²) in [5, 5.41) is 6.96. The molecule has 0 radical (unpaired) electrons. The smallest absolute Gasteiger partial charge is 0.166 e. The van der Waals surface area contributed by atoms with Crippen LogP contribution >= 0.6 is 12.2 Å². The lowest BCUT2D eigenvalue weighted by molar-refractivity contribution is 0.296. The first-order chi connectivity index (χ1) is 13.2. The molecule has 158 valence electrons. The Hall–Kier alpha value is -1.55. The summed E-state index contributed by atoms with van der Waals surface area (Å²) in [6.45, 7) is 19.7. The highest BCUT2D eigenvalue weighted by atomic mass is 32.1. The second-order valence-electron chi connectivity index (χ2n) is 8.67. The number of thiocarbonyl (C=S) groups is 1. The van der Waals surface area contributed by atoms with E-state index in [9.17, 15) is 0 Å². The number of benzene rings is 1. The highest BCUT2D eigenvalue weighted by Gasteiger charge is 2.26. The van der Waals surface area contributed by atoms with Crippen LogP contribution in [0.2, 0.25) is 0 Å². The van der Waals surface area contributed by atoms with Gasteiger partial charge in [-0.1, -0.05) is 59.8 Å². The zero-order chi connectivity index (χ0) is 21.2. The Morgan fingerprint density at radius 1 is 1.07 bits per heavy atom. The molecule has 0 heterocycles. The first kappa shape index (κ1) is 24.5. The molecule has 1 aromatic carbocycles. The van der Waals surface area contributed by atoms with E-state index in [0.717, 1.165) is 44.6 Å². The molecule has 0 amide bonds. The third kappa shape index (κ3) is 7.46. The van der Waals surface area contributed by atoms with Crippen LogP contribution in [0, 0.1) is 0 Å². The summed E-state index contributed by atoms with van der Waals surface area (Å²) in [4.78, 5) is 0.